The number of sulfonamides is 1. The van der Waals surface area contributed by atoms with Gasteiger partial charge in [0.2, 0.25) is 5.91 Å². The molecule has 0 spiro atoms. The van der Waals surface area contributed by atoms with E-state index in [9.17, 15) is 13.2 Å². The highest BCUT2D eigenvalue weighted by Gasteiger charge is 2.29. The van der Waals surface area contributed by atoms with Crippen LogP contribution in [0.15, 0.2) is 71.6 Å². The Morgan fingerprint density at radius 3 is 2.24 bits per heavy atom. The Morgan fingerprint density at radius 1 is 1.00 bits per heavy atom. The van der Waals surface area contributed by atoms with Crippen LogP contribution in [0.25, 0.3) is 0 Å². The van der Waals surface area contributed by atoms with Crippen LogP contribution < -0.4 is 9.62 Å². The number of rotatable bonds is 8. The average molecular weight is 485 g/mol. The second kappa shape index (κ2) is 10.4. The minimum atomic E-state index is -4.00. The van der Waals surface area contributed by atoms with Crippen molar-refractivity contribution >= 4 is 33.2 Å². The highest BCUT2D eigenvalue weighted by atomic mass is 35.5. The van der Waals surface area contributed by atoms with Gasteiger partial charge in [0.15, 0.2) is 0 Å². The molecule has 0 aromatic heterocycles. The van der Waals surface area contributed by atoms with Crippen LogP contribution in [0.5, 0.6) is 0 Å². The Morgan fingerprint density at radius 2 is 1.64 bits per heavy atom. The normalized spacial score (nSPS) is 12.3. The molecule has 7 heteroatoms. The van der Waals surface area contributed by atoms with Crippen molar-refractivity contribution in [3.8, 4) is 0 Å². The van der Waals surface area contributed by atoms with E-state index in [4.69, 9.17) is 11.6 Å². The molecule has 1 N–H and O–H groups in total. The molecule has 3 aromatic rings. The summed E-state index contributed by atoms with van der Waals surface area (Å²) in [5, 5.41) is 3.35. The Bertz CT molecular complexity index is 1220. The highest BCUT2D eigenvalue weighted by Crippen LogP contribution is 2.31. The number of carbonyl (C=O) groups is 1. The fourth-order valence-corrected chi connectivity index (χ4v) is 5.19. The lowest BCUT2D eigenvalue weighted by molar-refractivity contribution is -0.120. The van der Waals surface area contributed by atoms with E-state index in [1.807, 2.05) is 38.1 Å². The third kappa shape index (κ3) is 5.75. The van der Waals surface area contributed by atoms with Gasteiger partial charge < -0.3 is 5.32 Å². The van der Waals surface area contributed by atoms with Gasteiger partial charge in [0.1, 0.15) is 6.54 Å². The number of hydrogen-bond acceptors (Lipinski definition) is 3. The van der Waals surface area contributed by atoms with Gasteiger partial charge in [0, 0.05) is 5.02 Å². The Labute approximate surface area is 201 Å². The number of benzene rings is 3. The topological polar surface area (TPSA) is 66.5 Å². The maximum atomic E-state index is 13.6. The first-order chi connectivity index (χ1) is 15.6. The maximum absolute atomic E-state index is 13.6. The number of carbonyl (C=O) groups excluding carboxylic acids is 1. The van der Waals surface area contributed by atoms with Crippen molar-refractivity contribution in [2.75, 3.05) is 10.8 Å². The van der Waals surface area contributed by atoms with Crippen molar-refractivity contribution in [2.45, 2.75) is 45.1 Å². The molecular formula is C26H29ClN2O3S. The summed E-state index contributed by atoms with van der Waals surface area (Å²) < 4.78 is 28.3. The summed E-state index contributed by atoms with van der Waals surface area (Å²) in [6, 6.07) is 19.3. The predicted molar refractivity (Wildman–Crippen MR) is 134 cm³/mol. The molecule has 174 valence electrons. The number of halogens is 1. The van der Waals surface area contributed by atoms with E-state index in [1.165, 1.54) is 5.56 Å². The molecule has 1 amide bonds. The van der Waals surface area contributed by atoms with E-state index >= 15 is 0 Å². The van der Waals surface area contributed by atoms with Gasteiger partial charge in [-0.15, -0.1) is 0 Å². The summed E-state index contributed by atoms with van der Waals surface area (Å²) in [5.41, 5.74) is 4.07. The van der Waals surface area contributed by atoms with Crippen LogP contribution in [-0.4, -0.2) is 20.9 Å². The number of nitrogens with zero attached hydrogens (tertiary/aromatic N) is 1. The van der Waals surface area contributed by atoms with Crippen LogP contribution in [0, 0.1) is 13.8 Å². The molecule has 0 radical (unpaired) electrons. The van der Waals surface area contributed by atoms with Crippen LogP contribution in [0.3, 0.4) is 0 Å². The van der Waals surface area contributed by atoms with E-state index in [2.05, 4.69) is 12.2 Å². The SMILES string of the molecule is CCc1ccc([C@@H](C)NC(=O)CN(c2cccc(Cl)c2C)S(=O)(=O)c2ccc(C)cc2)cc1. The first kappa shape index (κ1) is 24.8. The van der Waals surface area contributed by atoms with Crippen LogP contribution in [-0.2, 0) is 21.2 Å². The number of aryl methyl sites for hydroxylation is 2. The summed E-state index contributed by atoms with van der Waals surface area (Å²) in [6.45, 7) is 7.22. The number of nitrogens with one attached hydrogen (secondary N) is 1. The zero-order valence-corrected chi connectivity index (χ0v) is 20.9. The van der Waals surface area contributed by atoms with Gasteiger partial charge in [-0.25, -0.2) is 8.42 Å². The van der Waals surface area contributed by atoms with Crippen molar-refractivity contribution in [1.29, 1.82) is 0 Å². The fourth-order valence-electron chi connectivity index (χ4n) is 3.55. The lowest BCUT2D eigenvalue weighted by atomic mass is 10.1. The van der Waals surface area contributed by atoms with Gasteiger partial charge in [-0.2, -0.15) is 0 Å². The molecule has 3 aromatic carbocycles. The van der Waals surface area contributed by atoms with Crippen LogP contribution in [0.4, 0.5) is 5.69 Å². The molecule has 5 nitrogen and oxygen atoms in total. The monoisotopic (exact) mass is 484 g/mol. The van der Waals surface area contributed by atoms with Crippen molar-refractivity contribution in [2.24, 2.45) is 0 Å². The summed E-state index contributed by atoms with van der Waals surface area (Å²) >= 11 is 6.28. The molecule has 0 saturated heterocycles. The molecule has 0 saturated carbocycles. The lowest BCUT2D eigenvalue weighted by Gasteiger charge is -2.27. The van der Waals surface area contributed by atoms with Crippen molar-refractivity contribution in [1.82, 2.24) is 5.32 Å². The minimum Gasteiger partial charge on any atom is -0.348 e. The molecule has 0 aliphatic carbocycles. The van der Waals surface area contributed by atoms with E-state index < -0.39 is 15.9 Å². The zero-order chi connectivity index (χ0) is 24.2. The molecule has 1 atom stereocenters. The Kier molecular flexibility index (Phi) is 7.82. The third-order valence-electron chi connectivity index (χ3n) is 5.67. The van der Waals surface area contributed by atoms with E-state index in [0.29, 0.717) is 16.3 Å². The number of hydrogen-bond donors (Lipinski definition) is 1. The summed E-state index contributed by atoms with van der Waals surface area (Å²) in [6.07, 6.45) is 0.936. The molecule has 3 rings (SSSR count). The second-order valence-corrected chi connectivity index (χ2v) is 10.4. The molecule has 0 unspecified atom stereocenters. The predicted octanol–water partition coefficient (Wildman–Crippen LogP) is 5.59. The van der Waals surface area contributed by atoms with Gasteiger partial charge in [-0.3, -0.25) is 9.10 Å². The molecule has 33 heavy (non-hydrogen) atoms. The molecule has 0 aliphatic heterocycles. The maximum Gasteiger partial charge on any atom is 0.264 e. The Hall–Kier alpha value is -2.83. The average Bonchev–Trinajstić information content (AvgIpc) is 2.79. The number of anilines is 1. The highest BCUT2D eigenvalue weighted by molar-refractivity contribution is 7.92. The Balaban J connectivity index is 1.91. The quantitative estimate of drug-likeness (QED) is 0.453. The zero-order valence-electron chi connectivity index (χ0n) is 19.3. The van der Waals surface area contributed by atoms with E-state index in [0.717, 1.165) is 21.9 Å². The molecule has 0 heterocycles. The summed E-state index contributed by atoms with van der Waals surface area (Å²) in [7, 11) is -4.00. The standard InChI is InChI=1S/C26H29ClN2O3S/c1-5-21-11-13-22(14-12-21)20(4)28-26(30)17-29(25-8-6-7-24(27)19(25)3)33(31,32)23-15-9-18(2)10-16-23/h6-16,20H,5,17H2,1-4H3,(H,28,30)/t20-/m1/s1. The smallest absolute Gasteiger partial charge is 0.264 e. The molecule has 0 bridgehead atoms. The van der Waals surface area contributed by atoms with Crippen LogP contribution in [0.1, 0.15) is 42.1 Å². The molecule has 0 aliphatic rings. The third-order valence-corrected chi connectivity index (χ3v) is 7.85. The number of amides is 1. The van der Waals surface area contributed by atoms with Crippen LogP contribution in [0.2, 0.25) is 5.02 Å². The summed E-state index contributed by atoms with van der Waals surface area (Å²) in [5.74, 6) is -0.405. The molecular weight excluding hydrogens is 456 g/mol. The minimum absolute atomic E-state index is 0.114. The second-order valence-electron chi connectivity index (χ2n) is 8.09. The molecule has 0 fully saturated rings. The fraction of sp³-hybridized carbons (Fsp3) is 0.269. The van der Waals surface area contributed by atoms with Crippen LogP contribution >= 0.6 is 11.6 Å². The van der Waals surface area contributed by atoms with Gasteiger partial charge in [-0.1, -0.05) is 66.6 Å². The van der Waals surface area contributed by atoms with Crippen molar-refractivity contribution in [3.63, 3.8) is 0 Å². The summed E-state index contributed by atoms with van der Waals surface area (Å²) in [4.78, 5) is 13.1. The van der Waals surface area contributed by atoms with E-state index in [-0.39, 0.29) is 17.5 Å². The van der Waals surface area contributed by atoms with Crippen molar-refractivity contribution < 1.29 is 13.2 Å². The first-order valence-electron chi connectivity index (χ1n) is 10.9. The largest absolute Gasteiger partial charge is 0.348 e. The van der Waals surface area contributed by atoms with E-state index in [1.54, 1.807) is 49.4 Å². The van der Waals surface area contributed by atoms with Gasteiger partial charge in [-0.05, 0) is 68.1 Å². The van der Waals surface area contributed by atoms with Gasteiger partial charge in [0.05, 0.1) is 16.6 Å². The van der Waals surface area contributed by atoms with Gasteiger partial charge in [0.25, 0.3) is 10.0 Å². The first-order valence-corrected chi connectivity index (χ1v) is 12.7. The van der Waals surface area contributed by atoms with Crippen molar-refractivity contribution in [3.05, 3.63) is 94.0 Å². The van der Waals surface area contributed by atoms with Gasteiger partial charge >= 0.3 is 0 Å². The lowest BCUT2D eigenvalue weighted by Crippen LogP contribution is -2.42.